The lowest BCUT2D eigenvalue weighted by Gasteiger charge is -2.39. The highest BCUT2D eigenvalue weighted by Gasteiger charge is 2.46. The molecular formula is C42H44ClN9O6. The van der Waals surface area contributed by atoms with Crippen molar-refractivity contribution in [3.05, 3.63) is 75.9 Å². The average Bonchev–Trinajstić information content (AvgIpc) is 3.88. The Hall–Kier alpha value is -5.59. The Morgan fingerprint density at radius 1 is 0.845 bits per heavy atom. The Bertz CT molecular complexity index is 2180. The minimum atomic E-state index is -0.976. The summed E-state index contributed by atoms with van der Waals surface area (Å²) in [7, 11) is 0. The van der Waals surface area contributed by atoms with Gasteiger partial charge in [0.2, 0.25) is 11.8 Å². The van der Waals surface area contributed by atoms with E-state index >= 15 is 0 Å². The van der Waals surface area contributed by atoms with Crippen molar-refractivity contribution in [1.82, 2.24) is 30.2 Å². The van der Waals surface area contributed by atoms with Crippen molar-refractivity contribution in [2.45, 2.75) is 50.7 Å². The van der Waals surface area contributed by atoms with E-state index < -0.39 is 29.7 Å². The van der Waals surface area contributed by atoms with E-state index in [-0.39, 0.29) is 24.9 Å². The first-order valence-corrected chi connectivity index (χ1v) is 20.6. The summed E-state index contributed by atoms with van der Waals surface area (Å²) < 4.78 is 6.18. The first-order chi connectivity index (χ1) is 28.1. The molecule has 4 saturated heterocycles. The molecular weight excluding hydrogens is 762 g/mol. The highest BCUT2D eigenvalue weighted by atomic mass is 35.5. The number of nitriles is 1. The fourth-order valence-corrected chi connectivity index (χ4v) is 9.90. The Balaban J connectivity index is 0.709. The molecule has 0 radical (unpaired) electrons. The van der Waals surface area contributed by atoms with E-state index in [0.29, 0.717) is 64.0 Å². The molecule has 15 nitrogen and oxygen atoms in total. The second kappa shape index (κ2) is 15.6. The summed E-state index contributed by atoms with van der Waals surface area (Å²) in [6.45, 7) is 7.45. The zero-order valence-electron chi connectivity index (χ0n) is 32.0. The van der Waals surface area contributed by atoms with E-state index in [0.717, 1.165) is 87.9 Å². The summed E-state index contributed by atoms with van der Waals surface area (Å²) >= 11 is 6.18. The Kier molecular flexibility index (Phi) is 10.2. The monoisotopic (exact) mass is 805 g/mol. The zero-order chi connectivity index (χ0) is 40.1. The largest absolute Gasteiger partial charge is 0.490 e. The topological polar surface area (TPSA) is 172 Å². The van der Waals surface area contributed by atoms with Crippen LogP contribution in [-0.2, 0) is 9.59 Å². The van der Waals surface area contributed by atoms with Gasteiger partial charge in [0.15, 0.2) is 11.5 Å². The van der Waals surface area contributed by atoms with Gasteiger partial charge in [0.05, 0.1) is 27.8 Å². The number of rotatable bonds is 8. The highest BCUT2D eigenvalue weighted by Crippen LogP contribution is 2.41. The van der Waals surface area contributed by atoms with Crippen molar-refractivity contribution in [3.8, 4) is 11.8 Å². The first kappa shape index (κ1) is 38.0. The number of aromatic nitrogens is 2. The molecule has 0 spiro atoms. The van der Waals surface area contributed by atoms with Gasteiger partial charge in [-0.3, -0.25) is 39.1 Å². The number of halogens is 1. The van der Waals surface area contributed by atoms with Crippen molar-refractivity contribution < 1.29 is 28.7 Å². The maximum absolute atomic E-state index is 13.4. The smallest absolute Gasteiger partial charge is 0.274 e. The summed E-state index contributed by atoms with van der Waals surface area (Å²) in [5.74, 6) is 0.672. The third-order valence-corrected chi connectivity index (χ3v) is 13.2. The predicted molar refractivity (Wildman–Crippen MR) is 211 cm³/mol. The summed E-state index contributed by atoms with van der Waals surface area (Å²) in [6, 6.07) is 15.3. The van der Waals surface area contributed by atoms with Crippen molar-refractivity contribution in [2.24, 2.45) is 17.8 Å². The van der Waals surface area contributed by atoms with Crippen LogP contribution in [0.25, 0.3) is 0 Å². The fourth-order valence-electron chi connectivity index (χ4n) is 9.68. The van der Waals surface area contributed by atoms with Gasteiger partial charge in [0.25, 0.3) is 17.7 Å². The van der Waals surface area contributed by atoms with Crippen LogP contribution in [0.15, 0.2) is 48.5 Å². The van der Waals surface area contributed by atoms with E-state index in [4.69, 9.17) is 21.6 Å². The molecule has 3 aromatic rings. The van der Waals surface area contributed by atoms with Gasteiger partial charge in [-0.05, 0) is 92.3 Å². The molecule has 9 rings (SSSR count). The van der Waals surface area contributed by atoms with Crippen molar-refractivity contribution >= 4 is 52.6 Å². The number of piperidine rings is 2. The second-order valence-corrected chi connectivity index (χ2v) is 16.8. The number of carbonyl (C=O) groups is 5. The van der Waals surface area contributed by atoms with Crippen LogP contribution < -0.4 is 19.9 Å². The molecule has 4 atom stereocenters. The average molecular weight is 806 g/mol. The lowest BCUT2D eigenvalue weighted by Crippen LogP contribution is -2.54. The molecule has 6 aliphatic rings. The zero-order valence-corrected chi connectivity index (χ0v) is 32.8. The molecule has 0 bridgehead atoms. The molecule has 58 heavy (non-hydrogen) atoms. The van der Waals surface area contributed by atoms with Gasteiger partial charge in [-0.1, -0.05) is 11.6 Å². The van der Waals surface area contributed by atoms with Gasteiger partial charge in [0, 0.05) is 77.1 Å². The highest BCUT2D eigenvalue weighted by molar-refractivity contribution is 6.31. The minimum absolute atomic E-state index is 0.0545. The number of piperazine rings is 1. The second-order valence-electron chi connectivity index (χ2n) is 16.4. The minimum Gasteiger partial charge on any atom is -0.490 e. The number of carbonyl (C=O) groups excluding carboxylic acids is 5. The lowest BCUT2D eigenvalue weighted by atomic mass is 9.96. The Labute approximate surface area is 340 Å². The molecule has 16 heteroatoms. The van der Waals surface area contributed by atoms with Gasteiger partial charge in [-0.15, -0.1) is 10.2 Å². The van der Waals surface area contributed by atoms with Gasteiger partial charge >= 0.3 is 0 Å². The number of fused-ring (bicyclic) bond motifs is 2. The van der Waals surface area contributed by atoms with Crippen LogP contribution in [0.3, 0.4) is 0 Å². The van der Waals surface area contributed by atoms with Gasteiger partial charge in [-0.2, -0.15) is 5.26 Å². The number of benzene rings is 2. The third kappa shape index (κ3) is 7.35. The fraction of sp³-hybridized carbons (Fsp3) is 0.476. The predicted octanol–water partition coefficient (Wildman–Crippen LogP) is 3.37. The van der Waals surface area contributed by atoms with Gasteiger partial charge in [-0.25, -0.2) is 0 Å². The standard InChI is InChI=1S/C42H44ClN9O6/c43-34-20-30(3-1-26(34)21-44)58-31-17-27-23-51(24-28(27)18-31)42(57)35-5-7-37(47-46-35)50-11-9-25(10-12-50)22-48-13-15-49(16-14-48)29-2-4-32-33(19-29)41(56)52(40(32)55)36-6-8-38(53)45-39(36)54/h1-5,7,19-20,25,27-28,31,36H,6,8-18,22-24H2,(H,45,53,54)/t27-,28?,31-,36?/m1/s1. The van der Waals surface area contributed by atoms with Crippen molar-refractivity contribution in [2.75, 3.05) is 68.7 Å². The summed E-state index contributed by atoms with van der Waals surface area (Å²) in [6.07, 6.45) is 4.07. The van der Waals surface area contributed by atoms with E-state index in [1.807, 2.05) is 17.0 Å². The van der Waals surface area contributed by atoms with Crippen LogP contribution in [0.5, 0.6) is 5.75 Å². The first-order valence-electron chi connectivity index (χ1n) is 20.2. The Morgan fingerprint density at radius 2 is 1.59 bits per heavy atom. The lowest BCUT2D eigenvalue weighted by molar-refractivity contribution is -0.136. The molecule has 300 valence electrons. The molecule has 5 amide bonds. The number of hydrogen-bond acceptors (Lipinski definition) is 12. The summed E-state index contributed by atoms with van der Waals surface area (Å²) in [5.41, 5.74) is 2.26. The quantitative estimate of drug-likeness (QED) is 0.330. The van der Waals surface area contributed by atoms with E-state index in [2.05, 4.69) is 36.3 Å². The molecule has 1 aromatic heterocycles. The number of ether oxygens (including phenoxy) is 1. The number of nitrogens with one attached hydrogen (secondary N) is 1. The van der Waals surface area contributed by atoms with E-state index in [1.54, 1.807) is 36.4 Å². The van der Waals surface area contributed by atoms with Gasteiger partial charge in [0.1, 0.15) is 17.9 Å². The molecule has 5 aliphatic heterocycles. The van der Waals surface area contributed by atoms with E-state index in [1.165, 1.54) is 0 Å². The van der Waals surface area contributed by atoms with E-state index in [9.17, 15) is 24.0 Å². The number of nitrogens with zero attached hydrogens (tertiary/aromatic N) is 8. The molecule has 2 aromatic carbocycles. The molecule has 6 heterocycles. The number of anilines is 2. The summed E-state index contributed by atoms with van der Waals surface area (Å²) in [4.78, 5) is 73.8. The maximum Gasteiger partial charge on any atom is 0.274 e. The molecule has 1 saturated carbocycles. The van der Waals surface area contributed by atoms with Crippen LogP contribution in [0.4, 0.5) is 11.5 Å². The number of hydrogen-bond donors (Lipinski definition) is 1. The number of imide groups is 2. The SMILES string of the molecule is N#Cc1ccc(O[C@H]2CC3CN(C(=O)c4ccc(N5CCC(CN6CCN(c7ccc8c(c7)C(=O)N(C7CCC(=O)NC7=O)C8=O)CC6)CC5)nn4)C[C@H]3C2)cc1Cl. The maximum atomic E-state index is 13.4. The van der Waals surface area contributed by atoms with Gasteiger partial charge < -0.3 is 19.4 Å². The van der Waals surface area contributed by atoms with Crippen molar-refractivity contribution in [3.63, 3.8) is 0 Å². The normalized spacial score (nSPS) is 25.2. The van der Waals surface area contributed by atoms with Crippen LogP contribution >= 0.6 is 11.6 Å². The van der Waals surface area contributed by atoms with Crippen molar-refractivity contribution in [1.29, 1.82) is 5.26 Å². The Morgan fingerprint density at radius 3 is 2.26 bits per heavy atom. The van der Waals surface area contributed by atoms with Crippen LogP contribution in [0.1, 0.15) is 75.3 Å². The van der Waals surface area contributed by atoms with Crippen LogP contribution in [0.2, 0.25) is 5.02 Å². The molecule has 1 N–H and O–H groups in total. The molecule has 1 aliphatic carbocycles. The van der Waals surface area contributed by atoms with Crippen LogP contribution in [0, 0.1) is 29.1 Å². The summed E-state index contributed by atoms with van der Waals surface area (Å²) in [5, 5.41) is 20.6. The number of amides is 5. The van der Waals surface area contributed by atoms with Crippen LogP contribution in [-0.4, -0.2) is 125 Å². The molecule has 5 fully saturated rings. The number of likely N-dealkylation sites (tertiary alicyclic amines) is 1. The molecule has 2 unspecified atom stereocenters. The third-order valence-electron chi connectivity index (χ3n) is 12.8.